The van der Waals surface area contributed by atoms with Crippen molar-refractivity contribution in [1.29, 1.82) is 0 Å². The van der Waals surface area contributed by atoms with Crippen LogP contribution in [0.4, 0.5) is 11.5 Å². The summed E-state index contributed by atoms with van der Waals surface area (Å²) in [6.07, 6.45) is 0.731. The molecule has 0 bridgehead atoms. The molecule has 4 aliphatic rings. The Balaban J connectivity index is 0.860. The number of aromatic nitrogens is 2. The highest BCUT2D eigenvalue weighted by molar-refractivity contribution is 6.23. The van der Waals surface area contributed by atoms with Crippen LogP contribution in [-0.4, -0.2) is 106 Å². The van der Waals surface area contributed by atoms with E-state index in [0.717, 1.165) is 4.90 Å². The molecule has 3 atom stereocenters. The van der Waals surface area contributed by atoms with Crippen LogP contribution in [0.1, 0.15) is 40.0 Å². The summed E-state index contributed by atoms with van der Waals surface area (Å²) in [7, 11) is 0. The first kappa shape index (κ1) is 32.5. The number of piperazine rings is 1. The van der Waals surface area contributed by atoms with Crippen molar-refractivity contribution in [2.75, 3.05) is 50.0 Å². The number of rotatable bonds is 9. The van der Waals surface area contributed by atoms with Crippen LogP contribution >= 0.6 is 0 Å². The van der Waals surface area contributed by atoms with Crippen LogP contribution in [0.2, 0.25) is 0 Å². The Labute approximate surface area is 285 Å². The number of nitrogens with zero attached hydrogens (tertiary/aromatic N) is 5. The second kappa shape index (κ2) is 13.1. The molecule has 1 aromatic heterocycles. The first-order chi connectivity index (χ1) is 24.1. The van der Waals surface area contributed by atoms with E-state index in [-0.39, 0.29) is 65.6 Å². The zero-order chi connectivity index (χ0) is 35.1. The molecule has 258 valence electrons. The Kier molecular flexibility index (Phi) is 8.51. The van der Waals surface area contributed by atoms with Gasteiger partial charge in [0.05, 0.1) is 22.5 Å². The fraction of sp³-hybridized carbons (Fsp3) is 0.353. The third-order valence-corrected chi connectivity index (χ3v) is 9.50. The topological polar surface area (TPSA) is 217 Å². The van der Waals surface area contributed by atoms with E-state index in [2.05, 4.69) is 20.8 Å². The lowest BCUT2D eigenvalue weighted by Gasteiger charge is -2.36. The third kappa shape index (κ3) is 6.26. The molecule has 1 saturated carbocycles. The van der Waals surface area contributed by atoms with E-state index < -0.39 is 35.6 Å². The number of piperidine rings is 1. The van der Waals surface area contributed by atoms with Crippen molar-refractivity contribution in [2.45, 2.75) is 25.3 Å². The number of anilines is 2. The summed E-state index contributed by atoms with van der Waals surface area (Å²) < 4.78 is 5.58. The first-order valence-corrected chi connectivity index (χ1v) is 16.3. The number of hydrogen-bond acceptors (Lipinski definition) is 12. The fourth-order valence-electron chi connectivity index (χ4n) is 6.63. The van der Waals surface area contributed by atoms with Gasteiger partial charge >= 0.3 is 0 Å². The van der Waals surface area contributed by atoms with Gasteiger partial charge in [0.2, 0.25) is 17.7 Å². The van der Waals surface area contributed by atoms with Crippen molar-refractivity contribution in [3.05, 3.63) is 59.7 Å². The number of amides is 6. The Morgan fingerprint density at radius 1 is 0.960 bits per heavy atom. The molecule has 3 fully saturated rings. The van der Waals surface area contributed by atoms with Crippen molar-refractivity contribution in [2.24, 2.45) is 11.8 Å². The van der Waals surface area contributed by atoms with E-state index in [1.165, 1.54) is 18.2 Å². The third-order valence-electron chi connectivity index (χ3n) is 9.50. The number of phenols is 1. The van der Waals surface area contributed by atoms with Crippen molar-refractivity contribution in [3.8, 4) is 22.8 Å². The van der Waals surface area contributed by atoms with Gasteiger partial charge in [-0.15, -0.1) is 10.2 Å². The second-order valence-corrected chi connectivity index (χ2v) is 12.7. The Bertz CT molecular complexity index is 1930. The maximum atomic E-state index is 13.2. The number of hydrogen-bond donors (Lipinski definition) is 4. The van der Waals surface area contributed by atoms with E-state index in [1.54, 1.807) is 30.3 Å². The van der Waals surface area contributed by atoms with Gasteiger partial charge in [0, 0.05) is 50.6 Å². The number of para-hydroxylation sites is 1. The number of phenolic OH excluding ortho intramolecular Hbond substituents is 1. The summed E-state index contributed by atoms with van der Waals surface area (Å²) in [4.78, 5) is 80.2. The lowest BCUT2D eigenvalue weighted by atomic mass is 10.0. The lowest BCUT2D eigenvalue weighted by molar-refractivity contribution is -0.136. The summed E-state index contributed by atoms with van der Waals surface area (Å²) in [6.45, 7) is 2.05. The molecule has 16 heteroatoms. The Hall–Kier alpha value is -6.06. The van der Waals surface area contributed by atoms with Gasteiger partial charge in [0.15, 0.2) is 12.4 Å². The number of benzene rings is 2. The van der Waals surface area contributed by atoms with Gasteiger partial charge in [-0.25, -0.2) is 0 Å². The fourth-order valence-corrected chi connectivity index (χ4v) is 6.63. The molecule has 4 heterocycles. The number of nitrogens with two attached hydrogens (primary N) is 1. The summed E-state index contributed by atoms with van der Waals surface area (Å²) in [5.41, 5.74) is 8.03. The van der Waals surface area contributed by atoms with Crippen LogP contribution in [0.15, 0.2) is 48.5 Å². The standard InChI is InChI=1S/C34H34N8O8/c35-30-26(15-24(38-39-30)21-3-1-2-4-27(21)43)40-9-11-41(12-10-40)32(47)22-13-18(22)16-36-29(45)17-50-19-5-6-20-23(14-19)34(49)42(33(20)48)25-7-8-28(44)37-31(25)46/h1-6,14-15,18,22,25,43H,7-13,16-17H2,(H2,35,39)(H,36,45)(H,37,44,46). The Morgan fingerprint density at radius 2 is 1.72 bits per heavy atom. The molecule has 3 aliphatic heterocycles. The highest BCUT2D eigenvalue weighted by Crippen LogP contribution is 2.40. The molecule has 16 nitrogen and oxygen atoms in total. The van der Waals surface area contributed by atoms with Crippen LogP contribution in [0.3, 0.4) is 0 Å². The highest BCUT2D eigenvalue weighted by atomic mass is 16.5. The van der Waals surface area contributed by atoms with Crippen LogP contribution < -0.4 is 26.0 Å². The number of aromatic hydroxyl groups is 1. The minimum Gasteiger partial charge on any atom is -0.507 e. The number of fused-ring (bicyclic) bond motifs is 1. The van der Waals surface area contributed by atoms with E-state index in [0.29, 0.717) is 56.1 Å². The van der Waals surface area contributed by atoms with Crippen molar-refractivity contribution >= 4 is 46.9 Å². The van der Waals surface area contributed by atoms with E-state index in [1.807, 2.05) is 9.80 Å². The predicted octanol–water partition coefficient (Wildman–Crippen LogP) is 0.313. The molecule has 3 unspecified atom stereocenters. The molecule has 6 amide bonds. The molecule has 2 saturated heterocycles. The van der Waals surface area contributed by atoms with Gasteiger partial charge in [0.25, 0.3) is 17.7 Å². The first-order valence-electron chi connectivity index (χ1n) is 16.3. The zero-order valence-corrected chi connectivity index (χ0v) is 26.8. The zero-order valence-electron chi connectivity index (χ0n) is 26.8. The maximum absolute atomic E-state index is 13.2. The molecule has 0 spiro atoms. The van der Waals surface area contributed by atoms with E-state index in [4.69, 9.17) is 10.5 Å². The minimum absolute atomic E-state index is 0.00697. The number of ether oxygens (including phenoxy) is 1. The average Bonchev–Trinajstić information content (AvgIpc) is 3.86. The predicted molar refractivity (Wildman–Crippen MR) is 176 cm³/mol. The van der Waals surface area contributed by atoms with Crippen molar-refractivity contribution < 1.29 is 38.6 Å². The maximum Gasteiger partial charge on any atom is 0.262 e. The SMILES string of the molecule is Nc1nnc(-c2ccccc2O)cc1N1CCN(C(=O)C2CC2CNC(=O)COc2ccc3c(c2)C(=O)N(C2CCC(=O)NC2=O)C3=O)CC1. The Morgan fingerprint density at radius 3 is 2.48 bits per heavy atom. The number of carbonyl (C=O) groups is 6. The normalized spacial score (nSPS) is 21.5. The lowest BCUT2D eigenvalue weighted by Crippen LogP contribution is -2.54. The highest BCUT2D eigenvalue weighted by Gasteiger charge is 2.46. The smallest absolute Gasteiger partial charge is 0.262 e. The molecule has 5 N–H and O–H groups in total. The monoisotopic (exact) mass is 682 g/mol. The van der Waals surface area contributed by atoms with Crippen LogP contribution in [0.5, 0.6) is 11.5 Å². The van der Waals surface area contributed by atoms with Crippen LogP contribution in [0, 0.1) is 11.8 Å². The number of nitrogen functional groups attached to an aromatic ring is 1. The van der Waals surface area contributed by atoms with E-state index in [9.17, 15) is 33.9 Å². The van der Waals surface area contributed by atoms with Gasteiger partial charge in [-0.1, -0.05) is 12.1 Å². The molecule has 1 aliphatic carbocycles. The molecule has 7 rings (SSSR count). The molecular weight excluding hydrogens is 648 g/mol. The summed E-state index contributed by atoms with van der Waals surface area (Å²) in [6, 6.07) is 11.8. The van der Waals surface area contributed by atoms with Gasteiger partial charge in [-0.3, -0.25) is 39.0 Å². The van der Waals surface area contributed by atoms with E-state index >= 15 is 0 Å². The summed E-state index contributed by atoms with van der Waals surface area (Å²) >= 11 is 0. The van der Waals surface area contributed by atoms with Gasteiger partial charge in [-0.2, -0.15) is 0 Å². The van der Waals surface area contributed by atoms with Crippen LogP contribution in [-0.2, 0) is 19.2 Å². The second-order valence-electron chi connectivity index (χ2n) is 12.7. The molecule has 0 radical (unpaired) electrons. The number of carbonyl (C=O) groups excluding carboxylic acids is 6. The largest absolute Gasteiger partial charge is 0.507 e. The number of nitrogens with one attached hydrogen (secondary N) is 2. The van der Waals surface area contributed by atoms with Gasteiger partial charge in [-0.05, 0) is 55.2 Å². The molecule has 2 aromatic carbocycles. The molecular formula is C34H34N8O8. The summed E-state index contributed by atoms with van der Waals surface area (Å²) in [5, 5.41) is 23.4. The van der Waals surface area contributed by atoms with Crippen molar-refractivity contribution in [3.63, 3.8) is 0 Å². The van der Waals surface area contributed by atoms with Gasteiger partial charge < -0.3 is 30.7 Å². The molecule has 3 aromatic rings. The summed E-state index contributed by atoms with van der Waals surface area (Å²) in [5.74, 6) is -2.44. The van der Waals surface area contributed by atoms with Crippen LogP contribution in [0.25, 0.3) is 11.3 Å². The van der Waals surface area contributed by atoms with Crippen molar-refractivity contribution in [1.82, 2.24) is 30.6 Å². The average molecular weight is 683 g/mol. The van der Waals surface area contributed by atoms with Gasteiger partial charge in [0.1, 0.15) is 17.5 Å². The minimum atomic E-state index is -1.08. The number of imide groups is 2. The molecule has 50 heavy (non-hydrogen) atoms. The quantitative estimate of drug-likeness (QED) is 0.224.